The van der Waals surface area contributed by atoms with Gasteiger partial charge in [0.15, 0.2) is 0 Å². The van der Waals surface area contributed by atoms with Crippen molar-refractivity contribution in [3.05, 3.63) is 50.2 Å². The highest BCUT2D eigenvalue weighted by atomic mass is 79.9. The molecule has 1 aromatic heterocycles. The van der Waals surface area contributed by atoms with Crippen LogP contribution >= 0.6 is 31.9 Å². The fraction of sp³-hybridized carbons (Fsp3) is 0.353. The third-order valence-corrected chi connectivity index (χ3v) is 6.22. The number of benzene rings is 1. The van der Waals surface area contributed by atoms with Crippen molar-refractivity contribution in [1.29, 1.82) is 0 Å². The molecule has 122 valence electrons. The first-order valence-corrected chi connectivity index (χ1v) is 9.13. The van der Waals surface area contributed by atoms with Gasteiger partial charge in [0.05, 0.1) is 16.2 Å². The maximum Gasteiger partial charge on any atom is 0.223 e. The summed E-state index contributed by atoms with van der Waals surface area (Å²) in [7, 11) is 1.66. The largest absolute Gasteiger partial charge is 0.496 e. The number of H-pyrrole nitrogens is 1. The summed E-state index contributed by atoms with van der Waals surface area (Å²) >= 11 is 7.07. The van der Waals surface area contributed by atoms with Crippen molar-refractivity contribution in [2.45, 2.75) is 25.8 Å². The molecule has 1 aromatic carbocycles. The number of amides is 1. The van der Waals surface area contributed by atoms with Crippen molar-refractivity contribution in [3.63, 3.8) is 0 Å². The number of nitrogens with one attached hydrogen (secondary N) is 1. The van der Waals surface area contributed by atoms with E-state index in [-0.39, 0.29) is 5.91 Å². The average molecular weight is 442 g/mol. The zero-order chi connectivity index (χ0) is 16.4. The summed E-state index contributed by atoms with van der Waals surface area (Å²) in [4.78, 5) is 17.8. The van der Waals surface area contributed by atoms with Gasteiger partial charge in [-0.05, 0) is 49.9 Å². The van der Waals surface area contributed by atoms with Crippen LogP contribution in [-0.2, 0) is 24.2 Å². The van der Waals surface area contributed by atoms with E-state index < -0.39 is 0 Å². The van der Waals surface area contributed by atoms with Crippen LogP contribution in [0.1, 0.15) is 23.2 Å². The molecule has 2 aromatic rings. The molecule has 0 fully saturated rings. The second kappa shape index (κ2) is 7.09. The molecule has 0 unspecified atom stereocenters. The molecule has 1 N–H and O–H groups in total. The lowest BCUT2D eigenvalue weighted by molar-refractivity contribution is -0.132. The van der Waals surface area contributed by atoms with E-state index in [1.807, 2.05) is 29.2 Å². The lowest BCUT2D eigenvalue weighted by atomic mass is 10.1. The van der Waals surface area contributed by atoms with E-state index in [0.717, 1.165) is 33.4 Å². The molecule has 0 saturated heterocycles. The molecule has 0 spiro atoms. The molecule has 4 nitrogen and oxygen atoms in total. The first kappa shape index (κ1) is 16.6. The second-order valence-corrected chi connectivity index (χ2v) is 7.17. The molecule has 1 amide bonds. The first-order valence-electron chi connectivity index (χ1n) is 7.54. The number of carbonyl (C=O) groups is 1. The number of methoxy groups -OCH3 is 1. The number of fused-ring (bicyclic) bond motifs is 1. The fourth-order valence-electron chi connectivity index (χ4n) is 2.94. The Bertz CT molecular complexity index is 727. The van der Waals surface area contributed by atoms with E-state index in [2.05, 4.69) is 36.8 Å². The number of halogens is 2. The van der Waals surface area contributed by atoms with Crippen LogP contribution in [0, 0.1) is 0 Å². The number of aromatic nitrogens is 1. The Morgan fingerprint density at radius 3 is 2.91 bits per heavy atom. The van der Waals surface area contributed by atoms with Crippen molar-refractivity contribution in [2.75, 3.05) is 13.7 Å². The molecule has 23 heavy (non-hydrogen) atoms. The minimum atomic E-state index is 0.186. The third-order valence-electron chi connectivity index (χ3n) is 4.22. The van der Waals surface area contributed by atoms with E-state index >= 15 is 0 Å². The van der Waals surface area contributed by atoms with Gasteiger partial charge < -0.3 is 14.6 Å². The number of aryl methyl sites for hydroxylation is 1. The normalized spacial score (nSPS) is 13.8. The predicted octanol–water partition coefficient (Wildman–Crippen LogP) is 4.07. The Hall–Kier alpha value is -1.27. The minimum Gasteiger partial charge on any atom is -0.496 e. The van der Waals surface area contributed by atoms with Crippen molar-refractivity contribution < 1.29 is 9.53 Å². The van der Waals surface area contributed by atoms with Gasteiger partial charge in [0.1, 0.15) is 5.75 Å². The first-order chi connectivity index (χ1) is 11.1. The topological polar surface area (TPSA) is 45.3 Å². The lowest BCUT2D eigenvalue weighted by Gasteiger charge is -2.27. The highest BCUT2D eigenvalue weighted by Gasteiger charge is 2.25. The fourth-order valence-corrected chi connectivity index (χ4v) is 3.89. The maximum absolute atomic E-state index is 12.5. The van der Waals surface area contributed by atoms with Gasteiger partial charge in [-0.3, -0.25) is 4.79 Å². The van der Waals surface area contributed by atoms with Gasteiger partial charge in [-0.1, -0.05) is 18.2 Å². The zero-order valence-corrected chi connectivity index (χ0v) is 16.0. The summed E-state index contributed by atoms with van der Waals surface area (Å²) in [5.41, 5.74) is 3.46. The number of hydrogen-bond donors (Lipinski definition) is 1. The van der Waals surface area contributed by atoms with Gasteiger partial charge >= 0.3 is 0 Å². The van der Waals surface area contributed by atoms with Crippen LogP contribution in [0.2, 0.25) is 0 Å². The summed E-state index contributed by atoms with van der Waals surface area (Å²) in [6.45, 7) is 1.42. The van der Waals surface area contributed by atoms with Gasteiger partial charge in [0, 0.05) is 37.2 Å². The van der Waals surface area contributed by atoms with Crippen LogP contribution < -0.4 is 4.74 Å². The standard InChI is InChI=1S/C17H18Br2N2O2/c1-23-14-5-3-2-4-11(14)6-7-15(22)21-9-8-13-12(10-21)16(18)17(19)20-13/h2-5,20H,6-10H2,1H3. The van der Waals surface area contributed by atoms with Gasteiger partial charge in [-0.2, -0.15) is 0 Å². The predicted molar refractivity (Wildman–Crippen MR) is 96.6 cm³/mol. The van der Waals surface area contributed by atoms with Gasteiger partial charge in [-0.25, -0.2) is 0 Å². The molecule has 2 heterocycles. The molecule has 0 radical (unpaired) electrons. The molecule has 0 atom stereocenters. The van der Waals surface area contributed by atoms with E-state index in [0.29, 0.717) is 19.4 Å². The quantitative estimate of drug-likeness (QED) is 0.777. The summed E-state index contributed by atoms with van der Waals surface area (Å²) in [6.07, 6.45) is 2.06. The Balaban J connectivity index is 1.64. The van der Waals surface area contributed by atoms with Crippen molar-refractivity contribution in [1.82, 2.24) is 9.88 Å². The van der Waals surface area contributed by atoms with Crippen molar-refractivity contribution in [3.8, 4) is 5.75 Å². The van der Waals surface area contributed by atoms with E-state index in [4.69, 9.17) is 4.74 Å². The Morgan fingerprint density at radius 2 is 2.13 bits per heavy atom. The van der Waals surface area contributed by atoms with Crippen LogP contribution in [0.4, 0.5) is 0 Å². The summed E-state index contributed by atoms with van der Waals surface area (Å²) in [5.74, 6) is 1.03. The highest BCUT2D eigenvalue weighted by molar-refractivity contribution is 9.13. The molecular formula is C17H18Br2N2O2. The maximum atomic E-state index is 12.5. The van der Waals surface area contributed by atoms with E-state index in [1.165, 1.54) is 11.3 Å². The summed E-state index contributed by atoms with van der Waals surface area (Å²) in [5, 5.41) is 0. The van der Waals surface area contributed by atoms with E-state index in [1.54, 1.807) is 7.11 Å². The molecule has 0 saturated carbocycles. The zero-order valence-electron chi connectivity index (χ0n) is 12.9. The number of carbonyl (C=O) groups excluding carboxylic acids is 1. The highest BCUT2D eigenvalue weighted by Crippen LogP contribution is 2.33. The van der Waals surface area contributed by atoms with Crippen molar-refractivity contribution in [2.24, 2.45) is 0 Å². The number of nitrogens with zero attached hydrogens (tertiary/aromatic N) is 1. The van der Waals surface area contributed by atoms with Crippen LogP contribution in [0.3, 0.4) is 0 Å². The summed E-state index contributed by atoms with van der Waals surface area (Å²) in [6, 6.07) is 7.86. The Kier molecular flexibility index (Phi) is 5.11. The molecule has 0 bridgehead atoms. The minimum absolute atomic E-state index is 0.186. The Morgan fingerprint density at radius 1 is 1.35 bits per heavy atom. The molecule has 1 aliphatic heterocycles. The van der Waals surface area contributed by atoms with Crippen LogP contribution in [0.25, 0.3) is 0 Å². The van der Waals surface area contributed by atoms with E-state index in [9.17, 15) is 4.79 Å². The van der Waals surface area contributed by atoms with Gasteiger partial charge in [0.2, 0.25) is 5.91 Å². The van der Waals surface area contributed by atoms with Crippen molar-refractivity contribution >= 4 is 37.8 Å². The molecule has 1 aliphatic rings. The van der Waals surface area contributed by atoms with Gasteiger partial charge in [-0.15, -0.1) is 0 Å². The lowest BCUT2D eigenvalue weighted by Crippen LogP contribution is -2.36. The average Bonchev–Trinajstić information content (AvgIpc) is 2.87. The molecule has 6 heteroatoms. The smallest absolute Gasteiger partial charge is 0.223 e. The number of ether oxygens (including phenoxy) is 1. The van der Waals surface area contributed by atoms with Crippen LogP contribution in [-0.4, -0.2) is 29.4 Å². The monoisotopic (exact) mass is 440 g/mol. The number of rotatable bonds is 4. The van der Waals surface area contributed by atoms with Crippen LogP contribution in [0.5, 0.6) is 5.75 Å². The van der Waals surface area contributed by atoms with Crippen LogP contribution in [0.15, 0.2) is 33.3 Å². The number of aromatic amines is 1. The van der Waals surface area contributed by atoms with Gasteiger partial charge in [0.25, 0.3) is 0 Å². The molecular weight excluding hydrogens is 424 g/mol. The number of hydrogen-bond acceptors (Lipinski definition) is 2. The SMILES string of the molecule is COc1ccccc1CCC(=O)N1CCc2[nH]c(Br)c(Br)c2C1. The second-order valence-electron chi connectivity index (χ2n) is 5.59. The molecule has 3 rings (SSSR count). The third kappa shape index (κ3) is 3.48. The summed E-state index contributed by atoms with van der Waals surface area (Å²) < 4.78 is 7.32. The Labute approximate surface area is 152 Å². The number of para-hydroxylation sites is 1. The molecule has 0 aliphatic carbocycles.